The highest BCUT2D eigenvalue weighted by molar-refractivity contribution is 7.99. The summed E-state index contributed by atoms with van der Waals surface area (Å²) in [4.78, 5) is 16.8. The topological polar surface area (TPSA) is 67.3 Å². The number of thioether (sulfide) groups is 1. The van der Waals surface area contributed by atoms with E-state index >= 15 is 0 Å². The van der Waals surface area contributed by atoms with Crippen LogP contribution in [0.1, 0.15) is 31.2 Å². The van der Waals surface area contributed by atoms with Crippen LogP contribution in [0.5, 0.6) is 0 Å². The molecule has 1 fully saturated rings. The van der Waals surface area contributed by atoms with E-state index < -0.39 is 10.0 Å². The maximum Gasteiger partial charge on any atom is 0.243 e. The highest BCUT2D eigenvalue weighted by Gasteiger charge is 2.26. The number of nitrogens with zero attached hydrogens (tertiary/aromatic N) is 2. The summed E-state index contributed by atoms with van der Waals surface area (Å²) in [6, 6.07) is 6.89. The number of sulfonamides is 1. The first-order valence-electron chi connectivity index (χ1n) is 9.15. The number of hydrogen-bond acceptors (Lipinski definition) is 6. The lowest BCUT2D eigenvalue weighted by atomic mass is 10.1. The van der Waals surface area contributed by atoms with Crippen LogP contribution in [0, 0.1) is 0 Å². The monoisotopic (exact) mass is 424 g/mol. The van der Waals surface area contributed by atoms with Crippen LogP contribution in [0.25, 0.3) is 11.3 Å². The molecule has 1 aromatic heterocycles. The number of benzene rings is 1. The average Bonchev–Trinajstić information content (AvgIpc) is 3.15. The number of ketones is 1. The molecule has 5 nitrogen and oxygen atoms in total. The summed E-state index contributed by atoms with van der Waals surface area (Å²) in [5.74, 6) is 1.91. The van der Waals surface area contributed by atoms with Crippen molar-refractivity contribution in [3.05, 3.63) is 34.7 Å². The van der Waals surface area contributed by atoms with Crippen LogP contribution >= 0.6 is 23.1 Å². The molecule has 2 aromatic rings. The average molecular weight is 425 g/mol. The maximum atomic E-state index is 12.7. The molecule has 0 N–H and O–H groups in total. The molecule has 0 unspecified atom stereocenters. The maximum absolute atomic E-state index is 12.7. The zero-order valence-corrected chi connectivity index (χ0v) is 17.8. The minimum Gasteiger partial charge on any atom is -0.299 e. The number of hydrogen-bond donors (Lipinski definition) is 0. The molecular weight excluding hydrogens is 400 g/mol. The van der Waals surface area contributed by atoms with Crippen molar-refractivity contribution in [2.45, 2.75) is 37.5 Å². The molecule has 0 bridgehead atoms. The van der Waals surface area contributed by atoms with Gasteiger partial charge in [0.25, 0.3) is 0 Å². The van der Waals surface area contributed by atoms with Gasteiger partial charge in [-0.25, -0.2) is 13.4 Å². The van der Waals surface area contributed by atoms with Gasteiger partial charge in [-0.2, -0.15) is 16.1 Å². The molecule has 0 atom stereocenters. The summed E-state index contributed by atoms with van der Waals surface area (Å²) in [5.41, 5.74) is 1.66. The zero-order valence-electron chi connectivity index (χ0n) is 15.4. The molecule has 2 heterocycles. The summed E-state index contributed by atoms with van der Waals surface area (Å²) in [6.07, 6.45) is 2.92. The van der Waals surface area contributed by atoms with Gasteiger partial charge in [0, 0.05) is 42.0 Å². The number of carbonyl (C=O) groups excluding carboxylic acids is 1. The molecule has 0 aliphatic carbocycles. The van der Waals surface area contributed by atoms with Gasteiger partial charge in [-0.05, 0) is 18.6 Å². The molecular formula is C19H24N2O3S3. The highest BCUT2D eigenvalue weighted by atomic mass is 32.2. The number of rotatable bonds is 8. The van der Waals surface area contributed by atoms with E-state index in [0.29, 0.717) is 30.8 Å². The van der Waals surface area contributed by atoms with Gasteiger partial charge in [0.1, 0.15) is 10.8 Å². The molecule has 1 saturated heterocycles. The van der Waals surface area contributed by atoms with Crippen molar-refractivity contribution in [3.63, 3.8) is 0 Å². The smallest absolute Gasteiger partial charge is 0.243 e. The third-order valence-corrected chi connectivity index (χ3v) is 8.17. The summed E-state index contributed by atoms with van der Waals surface area (Å²) >= 11 is 3.26. The number of aromatic nitrogens is 1. The first-order chi connectivity index (χ1) is 13.0. The van der Waals surface area contributed by atoms with Gasteiger partial charge in [-0.15, -0.1) is 11.3 Å². The van der Waals surface area contributed by atoms with E-state index in [1.165, 1.54) is 11.3 Å². The Morgan fingerprint density at radius 3 is 2.56 bits per heavy atom. The third-order valence-electron chi connectivity index (χ3n) is 4.47. The lowest BCUT2D eigenvalue weighted by Crippen LogP contribution is -2.37. The molecule has 0 radical (unpaired) electrons. The first-order valence-corrected chi connectivity index (χ1v) is 12.6. The number of Topliss-reactive ketones (excluding diaryl/α,β-unsaturated/α-hetero) is 1. The molecule has 146 valence electrons. The van der Waals surface area contributed by atoms with Crippen molar-refractivity contribution in [1.82, 2.24) is 9.29 Å². The van der Waals surface area contributed by atoms with Crippen LogP contribution in [0.15, 0.2) is 34.5 Å². The molecule has 1 aliphatic heterocycles. The van der Waals surface area contributed by atoms with Crippen LogP contribution in [-0.2, 0) is 21.2 Å². The van der Waals surface area contributed by atoms with Crippen molar-refractivity contribution in [2.75, 3.05) is 24.6 Å². The fourth-order valence-electron chi connectivity index (χ4n) is 2.89. The number of unbranched alkanes of at least 4 members (excludes halogenated alkanes) is 1. The largest absolute Gasteiger partial charge is 0.299 e. The van der Waals surface area contributed by atoms with Crippen molar-refractivity contribution in [3.8, 4) is 11.3 Å². The predicted octanol–water partition coefficient (Wildman–Crippen LogP) is 3.85. The van der Waals surface area contributed by atoms with Crippen molar-refractivity contribution < 1.29 is 13.2 Å². The van der Waals surface area contributed by atoms with Crippen molar-refractivity contribution >= 4 is 38.9 Å². The van der Waals surface area contributed by atoms with E-state index in [9.17, 15) is 13.2 Å². The second kappa shape index (κ2) is 9.32. The Kier molecular flexibility index (Phi) is 7.08. The molecule has 27 heavy (non-hydrogen) atoms. The zero-order chi connectivity index (χ0) is 19.3. The minimum absolute atomic E-state index is 0.221. The van der Waals surface area contributed by atoms with Crippen LogP contribution in [0.3, 0.4) is 0 Å². The van der Waals surface area contributed by atoms with E-state index in [0.717, 1.165) is 40.6 Å². The molecule has 1 aliphatic rings. The summed E-state index contributed by atoms with van der Waals surface area (Å²) in [5, 5.41) is 2.74. The standard InChI is InChI=1S/C19H24N2O3S3/c1-2-3-4-16(22)13-19-20-18(14-26-19)15-5-7-17(8-6-15)27(23,24)21-9-11-25-12-10-21/h5-8,14H,2-4,9-13H2,1H3. The fraction of sp³-hybridized carbons (Fsp3) is 0.474. The van der Waals surface area contributed by atoms with Crippen molar-refractivity contribution in [2.24, 2.45) is 0 Å². The molecule has 3 rings (SSSR count). The van der Waals surface area contributed by atoms with E-state index in [1.807, 2.05) is 5.38 Å². The molecule has 0 amide bonds. The Bertz CT molecular complexity index is 870. The van der Waals surface area contributed by atoms with Crippen LogP contribution < -0.4 is 0 Å². The second-order valence-electron chi connectivity index (χ2n) is 6.49. The summed E-state index contributed by atoms with van der Waals surface area (Å²) < 4.78 is 27.0. The Morgan fingerprint density at radius 1 is 1.19 bits per heavy atom. The predicted molar refractivity (Wildman–Crippen MR) is 112 cm³/mol. The van der Waals surface area contributed by atoms with Crippen LogP contribution in [0.2, 0.25) is 0 Å². The van der Waals surface area contributed by atoms with Crippen LogP contribution in [0.4, 0.5) is 0 Å². The first kappa shape index (κ1) is 20.5. The van der Waals surface area contributed by atoms with Crippen LogP contribution in [-0.4, -0.2) is 48.1 Å². The Labute approximate surface area is 169 Å². The molecule has 1 aromatic carbocycles. The highest BCUT2D eigenvalue weighted by Crippen LogP contribution is 2.26. The van der Waals surface area contributed by atoms with E-state index in [2.05, 4.69) is 11.9 Å². The lowest BCUT2D eigenvalue weighted by molar-refractivity contribution is -0.118. The van der Waals surface area contributed by atoms with Gasteiger partial charge in [0.05, 0.1) is 17.0 Å². The van der Waals surface area contributed by atoms with Gasteiger partial charge in [-0.3, -0.25) is 4.79 Å². The Morgan fingerprint density at radius 2 is 1.89 bits per heavy atom. The van der Waals surface area contributed by atoms with E-state index in [1.54, 1.807) is 40.3 Å². The number of carbonyl (C=O) groups is 1. The fourth-order valence-corrected chi connectivity index (χ4v) is 6.30. The molecule has 0 spiro atoms. The second-order valence-corrected chi connectivity index (χ2v) is 10.6. The molecule has 8 heteroatoms. The summed E-state index contributed by atoms with van der Waals surface area (Å²) in [6.45, 7) is 3.20. The number of thiazole rings is 1. The van der Waals surface area contributed by atoms with Gasteiger partial charge in [0.2, 0.25) is 10.0 Å². The van der Waals surface area contributed by atoms with Crippen molar-refractivity contribution in [1.29, 1.82) is 0 Å². The van der Waals surface area contributed by atoms with Gasteiger partial charge in [0.15, 0.2) is 0 Å². The van der Waals surface area contributed by atoms with E-state index in [-0.39, 0.29) is 5.78 Å². The molecule has 0 saturated carbocycles. The SMILES string of the molecule is CCCCC(=O)Cc1nc(-c2ccc(S(=O)(=O)N3CCSCC3)cc2)cs1. The third kappa shape index (κ3) is 5.19. The minimum atomic E-state index is -3.42. The summed E-state index contributed by atoms with van der Waals surface area (Å²) in [7, 11) is -3.42. The van der Waals surface area contributed by atoms with E-state index in [4.69, 9.17) is 0 Å². The quantitative estimate of drug-likeness (QED) is 0.644. The van der Waals surface area contributed by atoms with Gasteiger partial charge >= 0.3 is 0 Å². The van der Waals surface area contributed by atoms with Gasteiger partial charge in [-0.1, -0.05) is 25.5 Å². The normalized spacial score (nSPS) is 15.7. The van der Waals surface area contributed by atoms with Gasteiger partial charge < -0.3 is 0 Å². The Balaban J connectivity index is 1.69. The Hall–Kier alpha value is -1.22. The lowest BCUT2D eigenvalue weighted by Gasteiger charge is -2.25.